The zero-order valence-corrected chi connectivity index (χ0v) is 4.23. The molecule has 3 radical (unpaired) electrons. The molecule has 0 amide bonds. The molecule has 19 valence electrons. The van der Waals surface area contributed by atoms with Crippen LogP contribution in [0.25, 0.3) is 0 Å². The Morgan fingerprint density at radius 2 is 2.00 bits per heavy atom. The van der Waals surface area contributed by atoms with E-state index in [1.165, 1.54) is 0 Å². The second-order valence-electron chi connectivity index (χ2n) is 0.269. The van der Waals surface area contributed by atoms with E-state index < -0.39 is 0 Å². The van der Waals surface area contributed by atoms with Crippen LogP contribution in [0.3, 0.4) is 0 Å². The lowest BCUT2D eigenvalue weighted by molar-refractivity contribution is 3.00. The Labute approximate surface area is 31.6 Å². The summed E-state index contributed by atoms with van der Waals surface area (Å²) >= 11 is 0. The van der Waals surface area contributed by atoms with Crippen LogP contribution in [0.4, 0.5) is 0 Å². The average Bonchev–Trinajstić information content (AvgIpc) is 1.37. The highest BCUT2D eigenvalue weighted by Gasteiger charge is 1.28. The molecule has 0 N–H and O–H groups in total. The molecule has 1 atom stereocenters. The Balaban J connectivity index is 2.83. The van der Waals surface area contributed by atoms with Crippen molar-refractivity contribution in [1.29, 1.82) is 0 Å². The van der Waals surface area contributed by atoms with Crippen molar-refractivity contribution in [3.63, 3.8) is 0 Å². The third-order valence-electron chi connectivity index (χ3n) is 0.0722. The van der Waals surface area contributed by atoms with Gasteiger partial charge in [0, 0.05) is 0 Å². The molecule has 0 bridgehead atoms. The molecule has 0 aliphatic heterocycles. The molecule has 0 saturated carbocycles. The molecular weight excluding hydrogens is 83.1 g/mol. The molecular formula is C2H2PSi. The first-order valence-corrected chi connectivity index (χ1v) is 1.87. The Morgan fingerprint density at radius 1 is 1.75 bits per heavy atom. The standard InChI is InChI=1S/C2H2PSi/c3-1-2-4/h3H2. The van der Waals surface area contributed by atoms with Crippen molar-refractivity contribution in [3.8, 4) is 11.2 Å². The molecule has 4 heavy (non-hydrogen) atoms. The van der Waals surface area contributed by atoms with Gasteiger partial charge >= 0.3 is 0 Å². The summed E-state index contributed by atoms with van der Waals surface area (Å²) < 4.78 is 0. The first kappa shape index (κ1) is 4.21. The van der Waals surface area contributed by atoms with E-state index in [2.05, 4.69) is 30.7 Å². The van der Waals surface area contributed by atoms with Gasteiger partial charge in [0.25, 0.3) is 0 Å². The van der Waals surface area contributed by atoms with Crippen molar-refractivity contribution < 1.29 is 0 Å². The van der Waals surface area contributed by atoms with E-state index in [-0.39, 0.29) is 0 Å². The lowest BCUT2D eigenvalue weighted by Crippen LogP contribution is -1.37. The van der Waals surface area contributed by atoms with Gasteiger partial charge in [-0.1, -0.05) is 14.9 Å². The Hall–Kier alpha value is 0.207. The van der Waals surface area contributed by atoms with Gasteiger partial charge < -0.3 is 0 Å². The van der Waals surface area contributed by atoms with E-state index in [0.717, 1.165) is 0 Å². The maximum Gasteiger partial charge on any atom is 0.147 e. The molecule has 0 aliphatic rings. The first-order valence-electron chi connectivity index (χ1n) is 0.789. The normalized spacial score (nSPS) is 3.50. The van der Waals surface area contributed by atoms with Gasteiger partial charge in [-0.25, -0.2) is 0 Å². The van der Waals surface area contributed by atoms with E-state index in [1.54, 1.807) is 0 Å². The van der Waals surface area contributed by atoms with E-state index in [9.17, 15) is 0 Å². The van der Waals surface area contributed by atoms with E-state index >= 15 is 0 Å². The van der Waals surface area contributed by atoms with Crippen LogP contribution >= 0.6 is 9.24 Å². The highest BCUT2D eigenvalue weighted by molar-refractivity contribution is 7.23. The molecule has 0 fully saturated rings. The van der Waals surface area contributed by atoms with E-state index in [4.69, 9.17) is 0 Å². The fraction of sp³-hybridized carbons (Fsp3) is 0. The van der Waals surface area contributed by atoms with Crippen molar-refractivity contribution in [1.82, 2.24) is 0 Å². The minimum Gasteiger partial charge on any atom is -0.134 e. The maximum atomic E-state index is 2.91. The number of hydrogen-bond acceptors (Lipinski definition) is 0. The summed E-state index contributed by atoms with van der Waals surface area (Å²) in [5.74, 6) is 0. The quantitative estimate of drug-likeness (QED) is 0.220. The molecule has 1 unspecified atom stereocenters. The van der Waals surface area contributed by atoms with Crippen molar-refractivity contribution >= 4 is 19.5 Å². The van der Waals surface area contributed by atoms with E-state index in [0.29, 0.717) is 0 Å². The summed E-state index contributed by atoms with van der Waals surface area (Å²) in [6, 6.07) is 0. The van der Waals surface area contributed by atoms with Crippen LogP contribution in [0.2, 0.25) is 0 Å². The average molecular weight is 85.1 g/mol. The summed E-state index contributed by atoms with van der Waals surface area (Å²) in [4.78, 5) is 0. The second-order valence-corrected chi connectivity index (χ2v) is 0.808. The predicted molar refractivity (Wildman–Crippen MR) is 23.2 cm³/mol. The molecule has 0 aromatic heterocycles. The van der Waals surface area contributed by atoms with Gasteiger partial charge in [0.2, 0.25) is 0 Å². The van der Waals surface area contributed by atoms with Crippen LogP contribution < -0.4 is 0 Å². The zero-order valence-electron chi connectivity index (χ0n) is 2.08. The molecule has 0 aromatic rings. The monoisotopic (exact) mass is 85.0 g/mol. The Kier molecular flexibility index (Phi) is 3.37. The van der Waals surface area contributed by atoms with Crippen LogP contribution in [-0.4, -0.2) is 10.2 Å². The fourth-order valence-electron chi connectivity index (χ4n) is 0. The van der Waals surface area contributed by atoms with Gasteiger partial charge in [-0.3, -0.25) is 0 Å². The van der Waals surface area contributed by atoms with Gasteiger partial charge in [0.05, 0.1) is 0 Å². The van der Waals surface area contributed by atoms with Gasteiger partial charge in [0.15, 0.2) is 0 Å². The lowest BCUT2D eigenvalue weighted by atomic mass is 11.4. The molecule has 0 aliphatic carbocycles. The molecule has 0 heterocycles. The minimum absolute atomic E-state index is 2.25. The highest BCUT2D eigenvalue weighted by Crippen LogP contribution is 1.62. The lowest BCUT2D eigenvalue weighted by Gasteiger charge is -1.39. The SMILES string of the molecule is [Si]C#CP. The van der Waals surface area contributed by atoms with Gasteiger partial charge in [-0.05, 0) is 0 Å². The third-order valence-corrected chi connectivity index (χ3v) is 0.650. The van der Waals surface area contributed by atoms with Crippen molar-refractivity contribution in [3.05, 3.63) is 0 Å². The smallest absolute Gasteiger partial charge is 0.134 e. The Bertz CT molecular complexity index is 42.8. The third kappa shape index (κ3) is 2.21. The van der Waals surface area contributed by atoms with Crippen LogP contribution in [0.1, 0.15) is 0 Å². The van der Waals surface area contributed by atoms with Gasteiger partial charge in [0.1, 0.15) is 10.2 Å². The Morgan fingerprint density at radius 3 is 2.00 bits per heavy atom. The maximum absolute atomic E-state index is 2.91. The van der Waals surface area contributed by atoms with Crippen molar-refractivity contribution in [2.75, 3.05) is 0 Å². The molecule has 0 spiro atoms. The van der Waals surface area contributed by atoms with Crippen LogP contribution in [0, 0.1) is 11.2 Å². The predicted octanol–water partition coefficient (Wildman–Crippen LogP) is -0.0516. The molecule has 0 saturated heterocycles. The van der Waals surface area contributed by atoms with Crippen molar-refractivity contribution in [2.24, 2.45) is 0 Å². The summed E-state index contributed by atoms with van der Waals surface area (Å²) in [5.41, 5.74) is 4.96. The summed E-state index contributed by atoms with van der Waals surface area (Å²) in [5, 5.41) is 0. The summed E-state index contributed by atoms with van der Waals surface area (Å²) in [7, 11) is 5.15. The highest BCUT2D eigenvalue weighted by atomic mass is 31.0. The number of rotatable bonds is 0. The second kappa shape index (κ2) is 3.21. The van der Waals surface area contributed by atoms with Gasteiger partial charge in [-0.15, -0.1) is 5.54 Å². The van der Waals surface area contributed by atoms with Crippen LogP contribution in [-0.2, 0) is 0 Å². The molecule has 0 aromatic carbocycles. The van der Waals surface area contributed by atoms with Gasteiger partial charge in [-0.2, -0.15) is 0 Å². The van der Waals surface area contributed by atoms with Crippen molar-refractivity contribution in [2.45, 2.75) is 0 Å². The topological polar surface area (TPSA) is 0 Å². The zero-order chi connectivity index (χ0) is 3.41. The molecule has 0 rings (SSSR count). The number of hydrogen-bond donors (Lipinski definition) is 0. The largest absolute Gasteiger partial charge is 0.147 e. The summed E-state index contributed by atoms with van der Waals surface area (Å²) in [6.07, 6.45) is 0. The molecule has 0 nitrogen and oxygen atoms in total. The fourth-order valence-corrected chi connectivity index (χ4v) is 0. The van der Waals surface area contributed by atoms with Crippen LogP contribution in [0.15, 0.2) is 0 Å². The minimum atomic E-state index is 2.25. The summed E-state index contributed by atoms with van der Waals surface area (Å²) in [6.45, 7) is 0. The van der Waals surface area contributed by atoms with Crippen LogP contribution in [0.5, 0.6) is 0 Å². The first-order chi connectivity index (χ1) is 1.91. The van der Waals surface area contributed by atoms with E-state index in [1.807, 2.05) is 0 Å². The molecule has 2 heteroatoms.